The summed E-state index contributed by atoms with van der Waals surface area (Å²) < 4.78 is 252. The van der Waals surface area contributed by atoms with Crippen molar-refractivity contribution in [2.45, 2.75) is 0 Å². The first-order valence-electron chi connectivity index (χ1n) is 28.6. The molecule has 0 amide bonds. The number of rotatable bonds is 7. The van der Waals surface area contributed by atoms with E-state index >= 15 is 0 Å². The Kier molecular flexibility index (Phi) is 3.13. The molecule has 0 unspecified atom stereocenters. The van der Waals surface area contributed by atoms with E-state index in [1.807, 2.05) is 0 Å². The molecule has 0 spiro atoms. The van der Waals surface area contributed by atoms with Crippen molar-refractivity contribution >= 4 is 50.6 Å². The molecule has 0 saturated heterocycles. The van der Waals surface area contributed by atoms with Gasteiger partial charge in [0.05, 0.1) is 49.4 Å². The highest BCUT2D eigenvalue weighted by Crippen LogP contribution is 2.32. The summed E-state index contributed by atoms with van der Waals surface area (Å²) in [4.78, 5) is 13.8. The average molecular weight is 685 g/mol. The molecule has 0 N–H and O–H groups in total. The summed E-state index contributed by atoms with van der Waals surface area (Å²) >= 11 is 0. The van der Waals surface area contributed by atoms with Crippen LogP contribution in [0.4, 0.5) is 0 Å². The highest BCUT2D eigenvalue weighted by Gasteiger charge is 2.43. The Morgan fingerprint density at radius 2 is 0.880 bits per heavy atom. The van der Waals surface area contributed by atoms with Crippen molar-refractivity contribution in [1.29, 1.82) is 0 Å². The Morgan fingerprint density at radius 1 is 0.440 bits per heavy atom. The molecule has 4 nitrogen and oxygen atoms in total. The summed E-state index contributed by atoms with van der Waals surface area (Å²) in [6.45, 7) is 0. The van der Waals surface area contributed by atoms with Gasteiger partial charge in [-0.2, -0.15) is 9.97 Å². The SMILES string of the molecule is [2H]c1c([2H])c([2H])c(-c2nc(-c3ccccc3[Si](c3c([2H])c([2H])c([2H])c([2H])c3[2H])(c3c([2H])c([2H])c([2H])c([2H])c3[2H])c3c([2H])c([2H])c([2H])c([2H])c3[2H])nc(-n3c4c([2H])c([2H])c([2H])c([2H])c4c4c([2H])c([2H])c([2H])c([2H])c43)n2)c([2H])c1[2H]. The van der Waals surface area contributed by atoms with Gasteiger partial charge < -0.3 is 0 Å². The van der Waals surface area contributed by atoms with Crippen molar-refractivity contribution in [2.75, 3.05) is 0 Å². The van der Waals surface area contributed by atoms with E-state index < -0.39 is 249 Å². The molecule has 9 aromatic rings. The Labute approximate surface area is 331 Å². The third kappa shape index (κ3) is 4.87. The molecule has 0 aliphatic heterocycles. The summed E-state index contributed by atoms with van der Waals surface area (Å²) in [6, 6.07) is -22.7. The fourth-order valence-electron chi connectivity index (χ4n) is 5.78. The Hall–Kier alpha value is -6.43. The number of fused-ring (bicyclic) bond motifs is 3. The molecule has 9 rings (SSSR count). The van der Waals surface area contributed by atoms with E-state index in [4.69, 9.17) is 27.4 Å². The highest BCUT2D eigenvalue weighted by molar-refractivity contribution is 7.20. The van der Waals surface area contributed by atoms with Gasteiger partial charge in [-0.15, -0.1) is 0 Å². The van der Waals surface area contributed by atoms with E-state index in [-0.39, 0.29) is 0 Å². The molecular formula is C45H32N4Si. The van der Waals surface area contributed by atoms with Crippen LogP contribution < -0.4 is 20.7 Å². The van der Waals surface area contributed by atoms with Gasteiger partial charge in [0.1, 0.15) is 0 Å². The zero-order valence-corrected chi connectivity index (χ0v) is 26.1. The van der Waals surface area contributed by atoms with Gasteiger partial charge in [0.2, 0.25) is 5.95 Å². The third-order valence-electron chi connectivity index (χ3n) is 7.78. The van der Waals surface area contributed by atoms with Crippen LogP contribution in [-0.4, -0.2) is 27.6 Å². The van der Waals surface area contributed by atoms with Crippen molar-refractivity contribution in [3.05, 3.63) is 193 Å². The Bertz CT molecular complexity index is 3860. The molecule has 5 heteroatoms. The maximum absolute atomic E-state index is 9.56. The van der Waals surface area contributed by atoms with Gasteiger partial charge in [0.25, 0.3) is 0 Å². The third-order valence-corrected chi connectivity index (χ3v) is 12.0. The van der Waals surface area contributed by atoms with E-state index in [1.54, 1.807) is 0 Å². The fraction of sp³-hybridized carbons (Fsp3) is 0. The van der Waals surface area contributed by atoms with Crippen molar-refractivity contribution in [3.63, 3.8) is 0 Å². The first-order chi connectivity index (χ1) is 36.4. The van der Waals surface area contributed by atoms with Crippen LogP contribution >= 0.6 is 0 Å². The second-order valence-corrected chi connectivity index (χ2v) is 13.9. The van der Waals surface area contributed by atoms with Crippen molar-refractivity contribution in [2.24, 2.45) is 0 Å². The Morgan fingerprint density at radius 3 is 1.42 bits per heavy atom. The van der Waals surface area contributed by atoms with Crippen molar-refractivity contribution in [3.8, 4) is 28.7 Å². The van der Waals surface area contributed by atoms with Crippen LogP contribution in [0.25, 0.3) is 50.5 Å². The molecule has 2 heterocycles. The van der Waals surface area contributed by atoms with Gasteiger partial charge in [0, 0.05) is 21.9 Å². The maximum atomic E-state index is 9.56. The topological polar surface area (TPSA) is 43.6 Å². The molecule has 0 fully saturated rings. The van der Waals surface area contributed by atoms with Gasteiger partial charge in [-0.1, -0.05) is 181 Å². The van der Waals surface area contributed by atoms with Crippen molar-refractivity contribution < 1.29 is 38.4 Å². The van der Waals surface area contributed by atoms with E-state index in [1.165, 1.54) is 12.1 Å². The molecule has 0 aliphatic carbocycles. The zero-order valence-electron chi connectivity index (χ0n) is 53.1. The largest absolute Gasteiger partial charge is 0.278 e. The molecule has 0 atom stereocenters. The minimum atomic E-state index is -5.99. The molecule has 0 bridgehead atoms. The minimum Gasteiger partial charge on any atom is -0.278 e. The van der Waals surface area contributed by atoms with Crippen LogP contribution in [0.15, 0.2) is 193 Å². The number of hydrogen-bond donors (Lipinski definition) is 0. The first kappa shape index (κ1) is 12.5. The summed E-state index contributed by atoms with van der Waals surface area (Å²) in [5.74, 6) is -2.48. The number of nitrogens with zero attached hydrogens (tertiary/aromatic N) is 4. The molecule has 7 aromatic carbocycles. The van der Waals surface area contributed by atoms with E-state index in [2.05, 4.69) is 15.0 Å². The standard InChI is InChI=1S/C45H32N4Si/c1-5-19-33(20-6-1)43-46-44(48-45(47-43)49-40-30-16-13-27-37(40)38-28-14-17-31-41(38)49)39-29-15-18-32-42(39)50(34-21-7-2-8-22-34,35-23-9-3-10-24-35)36-25-11-4-12-26-36/h1-32H/i1D,2D,3D,4D,5D,6D,7D,8D,9D,10D,11D,12D,13D,14D,16D,17D,19D,20D,21D,22D,23D,24D,25D,26D,27D,28D,30D,31D. The van der Waals surface area contributed by atoms with Gasteiger partial charge in [-0.25, -0.2) is 4.98 Å². The van der Waals surface area contributed by atoms with Crippen LogP contribution in [0, 0.1) is 0 Å². The van der Waals surface area contributed by atoms with Crippen LogP contribution in [-0.2, 0) is 0 Å². The van der Waals surface area contributed by atoms with Gasteiger partial charge in [-0.3, -0.25) is 4.57 Å². The second kappa shape index (κ2) is 12.5. The predicted molar refractivity (Wildman–Crippen MR) is 209 cm³/mol. The van der Waals surface area contributed by atoms with E-state index in [0.29, 0.717) is 0 Å². The summed E-state index contributed by atoms with van der Waals surface area (Å²) in [7, 11) is -5.99. The Balaban J connectivity index is 1.63. The van der Waals surface area contributed by atoms with Crippen LogP contribution in [0.5, 0.6) is 0 Å². The lowest BCUT2D eigenvalue weighted by atomic mass is 10.2. The fourth-order valence-corrected chi connectivity index (χ4v) is 9.78. The molecule has 2 aromatic heterocycles. The van der Waals surface area contributed by atoms with Gasteiger partial charge in [-0.05, 0) is 32.8 Å². The molecular weight excluding hydrogens is 625 g/mol. The van der Waals surface area contributed by atoms with E-state index in [9.17, 15) is 11.0 Å². The quantitative estimate of drug-likeness (QED) is 0.128. The predicted octanol–water partition coefficient (Wildman–Crippen LogP) is 7.68. The molecule has 50 heavy (non-hydrogen) atoms. The lowest BCUT2D eigenvalue weighted by Crippen LogP contribution is -2.75. The number of para-hydroxylation sites is 2. The van der Waals surface area contributed by atoms with Gasteiger partial charge >= 0.3 is 0 Å². The summed E-state index contributed by atoms with van der Waals surface area (Å²) in [5, 5.41) is -4.22. The monoisotopic (exact) mass is 684 g/mol. The number of hydrogen-bond acceptors (Lipinski definition) is 3. The zero-order chi connectivity index (χ0) is 57.7. The summed E-state index contributed by atoms with van der Waals surface area (Å²) in [5.41, 5.74) is -2.43. The molecule has 236 valence electrons. The average Bonchev–Trinajstić information content (AvgIpc) is 3.94. The lowest BCUT2D eigenvalue weighted by Gasteiger charge is -2.35. The molecule has 0 radical (unpaired) electrons. The molecule has 0 aliphatic rings. The first-order valence-corrected chi connectivity index (χ1v) is 16.6. The smallest absolute Gasteiger partial charge is 0.238 e. The van der Waals surface area contributed by atoms with Crippen LogP contribution in [0.3, 0.4) is 0 Å². The number of aromatic nitrogens is 4. The maximum Gasteiger partial charge on any atom is 0.238 e. The molecule has 0 saturated carbocycles. The van der Waals surface area contributed by atoms with Crippen LogP contribution in [0.1, 0.15) is 38.4 Å². The van der Waals surface area contributed by atoms with Gasteiger partial charge in [0.15, 0.2) is 19.7 Å². The van der Waals surface area contributed by atoms with Crippen LogP contribution in [0.2, 0.25) is 0 Å². The summed E-state index contributed by atoms with van der Waals surface area (Å²) in [6.07, 6.45) is 0. The normalized spacial score (nSPS) is 19.4. The minimum absolute atomic E-state index is 0.482. The van der Waals surface area contributed by atoms with Crippen molar-refractivity contribution in [1.82, 2.24) is 19.5 Å². The lowest BCUT2D eigenvalue weighted by molar-refractivity contribution is 0.954. The second-order valence-electron chi connectivity index (χ2n) is 10.4. The highest BCUT2D eigenvalue weighted by atomic mass is 28.3. The number of benzene rings is 7. The van der Waals surface area contributed by atoms with E-state index in [0.717, 1.165) is 16.7 Å².